The third kappa shape index (κ3) is 2.69. The molecule has 0 nitrogen and oxygen atoms in total. The molecule has 1 aliphatic rings. The van der Waals surface area contributed by atoms with Gasteiger partial charge in [0.25, 0.3) is 0 Å². The van der Waals surface area contributed by atoms with Gasteiger partial charge in [-0.2, -0.15) is 0 Å². The predicted molar refractivity (Wildman–Crippen MR) is 50.6 cm³/mol. The standard InChI is InChI=1S/C11H20/c1-3-6-11-8-5-7-10(4-2)9-11/h9,11H,3-8H2,1-2H3. The van der Waals surface area contributed by atoms with Crippen LogP contribution in [0.1, 0.15) is 52.4 Å². The summed E-state index contributed by atoms with van der Waals surface area (Å²) in [5.41, 5.74) is 1.70. The first-order valence-electron chi connectivity index (χ1n) is 5.06. The predicted octanol–water partition coefficient (Wildman–Crippen LogP) is 3.92. The smallest absolute Gasteiger partial charge is 0.0231 e. The lowest BCUT2D eigenvalue weighted by Crippen LogP contribution is -2.03. The lowest BCUT2D eigenvalue weighted by atomic mass is 9.87. The molecule has 0 fully saturated rings. The van der Waals surface area contributed by atoms with Crippen LogP contribution < -0.4 is 0 Å². The quantitative estimate of drug-likeness (QED) is 0.538. The van der Waals surface area contributed by atoms with E-state index in [2.05, 4.69) is 19.9 Å². The fourth-order valence-corrected chi connectivity index (χ4v) is 1.98. The van der Waals surface area contributed by atoms with Gasteiger partial charge in [-0.05, 0) is 38.0 Å². The van der Waals surface area contributed by atoms with E-state index in [1.54, 1.807) is 5.57 Å². The summed E-state index contributed by atoms with van der Waals surface area (Å²) in [5.74, 6) is 0.920. The molecule has 1 rings (SSSR count). The molecule has 1 atom stereocenters. The Labute approximate surface area is 70.7 Å². The Bertz CT molecular complexity index is 133. The topological polar surface area (TPSA) is 0 Å². The highest BCUT2D eigenvalue weighted by molar-refractivity contribution is 5.07. The summed E-state index contributed by atoms with van der Waals surface area (Å²) < 4.78 is 0. The van der Waals surface area contributed by atoms with Crippen LogP contribution in [0.25, 0.3) is 0 Å². The molecule has 0 saturated carbocycles. The van der Waals surface area contributed by atoms with Gasteiger partial charge in [0.15, 0.2) is 0 Å². The molecule has 11 heavy (non-hydrogen) atoms. The van der Waals surface area contributed by atoms with E-state index < -0.39 is 0 Å². The summed E-state index contributed by atoms with van der Waals surface area (Å²) in [7, 11) is 0. The summed E-state index contributed by atoms with van der Waals surface area (Å²) >= 11 is 0. The molecule has 0 aromatic carbocycles. The van der Waals surface area contributed by atoms with Crippen molar-refractivity contribution in [2.75, 3.05) is 0 Å². The summed E-state index contributed by atoms with van der Waals surface area (Å²) in [6, 6.07) is 0. The van der Waals surface area contributed by atoms with Crippen molar-refractivity contribution >= 4 is 0 Å². The highest BCUT2D eigenvalue weighted by atomic mass is 14.2. The maximum Gasteiger partial charge on any atom is -0.0231 e. The van der Waals surface area contributed by atoms with Gasteiger partial charge in [-0.1, -0.05) is 31.9 Å². The molecule has 1 unspecified atom stereocenters. The van der Waals surface area contributed by atoms with Gasteiger partial charge in [0.1, 0.15) is 0 Å². The van der Waals surface area contributed by atoms with Gasteiger partial charge in [-0.25, -0.2) is 0 Å². The van der Waals surface area contributed by atoms with E-state index >= 15 is 0 Å². The average molecular weight is 152 g/mol. The van der Waals surface area contributed by atoms with Crippen molar-refractivity contribution in [3.05, 3.63) is 11.6 Å². The van der Waals surface area contributed by atoms with Crippen molar-refractivity contribution in [2.45, 2.75) is 52.4 Å². The molecule has 0 bridgehead atoms. The van der Waals surface area contributed by atoms with Crippen molar-refractivity contribution in [2.24, 2.45) is 5.92 Å². The molecular weight excluding hydrogens is 132 g/mol. The minimum atomic E-state index is 0.920. The second-order valence-corrected chi connectivity index (χ2v) is 3.62. The Hall–Kier alpha value is -0.260. The van der Waals surface area contributed by atoms with Crippen molar-refractivity contribution in [3.8, 4) is 0 Å². The van der Waals surface area contributed by atoms with E-state index in [9.17, 15) is 0 Å². The molecular formula is C11H20. The molecule has 0 heterocycles. The molecule has 0 amide bonds. The molecule has 0 aromatic heterocycles. The van der Waals surface area contributed by atoms with Crippen molar-refractivity contribution < 1.29 is 0 Å². The zero-order valence-electron chi connectivity index (χ0n) is 7.90. The Morgan fingerprint density at radius 1 is 1.45 bits per heavy atom. The first-order valence-corrected chi connectivity index (χ1v) is 5.06. The van der Waals surface area contributed by atoms with Gasteiger partial charge < -0.3 is 0 Å². The van der Waals surface area contributed by atoms with Crippen LogP contribution in [0.4, 0.5) is 0 Å². The van der Waals surface area contributed by atoms with Crippen LogP contribution in [0.3, 0.4) is 0 Å². The van der Waals surface area contributed by atoms with E-state index in [0.717, 1.165) is 5.92 Å². The minimum Gasteiger partial charge on any atom is -0.0822 e. The van der Waals surface area contributed by atoms with E-state index in [4.69, 9.17) is 0 Å². The molecule has 0 aromatic rings. The van der Waals surface area contributed by atoms with Crippen LogP contribution in [0.2, 0.25) is 0 Å². The summed E-state index contributed by atoms with van der Waals surface area (Å²) in [4.78, 5) is 0. The van der Waals surface area contributed by atoms with Crippen LogP contribution in [-0.2, 0) is 0 Å². The van der Waals surface area contributed by atoms with E-state index in [0.29, 0.717) is 0 Å². The number of allylic oxidation sites excluding steroid dienone is 2. The minimum absolute atomic E-state index is 0.920. The maximum absolute atomic E-state index is 2.53. The fraction of sp³-hybridized carbons (Fsp3) is 0.818. The van der Waals surface area contributed by atoms with Gasteiger partial charge in [0.05, 0.1) is 0 Å². The largest absolute Gasteiger partial charge is 0.0822 e. The molecule has 0 aliphatic heterocycles. The van der Waals surface area contributed by atoms with E-state index in [1.165, 1.54) is 38.5 Å². The number of hydrogen-bond donors (Lipinski definition) is 0. The highest BCUT2D eigenvalue weighted by Crippen LogP contribution is 2.27. The SMILES string of the molecule is CCCC1C=C(CC)CCC1. The third-order valence-corrected chi connectivity index (χ3v) is 2.66. The molecule has 0 spiro atoms. The number of hydrogen-bond acceptors (Lipinski definition) is 0. The lowest BCUT2D eigenvalue weighted by Gasteiger charge is -2.19. The second kappa shape index (κ2) is 4.58. The van der Waals surface area contributed by atoms with Gasteiger partial charge in [-0.15, -0.1) is 0 Å². The number of rotatable bonds is 3. The summed E-state index contributed by atoms with van der Waals surface area (Å²) in [6.45, 7) is 4.56. The van der Waals surface area contributed by atoms with Crippen molar-refractivity contribution in [1.82, 2.24) is 0 Å². The molecule has 0 heteroatoms. The van der Waals surface area contributed by atoms with Crippen molar-refractivity contribution in [3.63, 3.8) is 0 Å². The third-order valence-electron chi connectivity index (χ3n) is 2.66. The van der Waals surface area contributed by atoms with Crippen LogP contribution in [0, 0.1) is 5.92 Å². The van der Waals surface area contributed by atoms with Gasteiger partial charge >= 0.3 is 0 Å². The Kier molecular flexibility index (Phi) is 3.68. The van der Waals surface area contributed by atoms with Crippen LogP contribution in [0.5, 0.6) is 0 Å². The average Bonchev–Trinajstić information content (AvgIpc) is 2.06. The molecule has 1 aliphatic carbocycles. The van der Waals surface area contributed by atoms with Gasteiger partial charge in [0, 0.05) is 0 Å². The molecule has 0 saturated heterocycles. The Morgan fingerprint density at radius 3 is 2.91 bits per heavy atom. The first kappa shape index (κ1) is 8.83. The molecule has 0 N–H and O–H groups in total. The lowest BCUT2D eigenvalue weighted by molar-refractivity contribution is 0.485. The Balaban J connectivity index is 2.41. The summed E-state index contributed by atoms with van der Waals surface area (Å²) in [6.07, 6.45) is 10.8. The maximum atomic E-state index is 2.53. The normalized spacial score (nSPS) is 24.9. The second-order valence-electron chi connectivity index (χ2n) is 3.62. The van der Waals surface area contributed by atoms with Crippen LogP contribution in [0.15, 0.2) is 11.6 Å². The van der Waals surface area contributed by atoms with Gasteiger partial charge in [0.2, 0.25) is 0 Å². The molecule has 0 radical (unpaired) electrons. The van der Waals surface area contributed by atoms with E-state index in [1.807, 2.05) is 0 Å². The zero-order valence-corrected chi connectivity index (χ0v) is 7.90. The summed E-state index contributed by atoms with van der Waals surface area (Å²) in [5, 5.41) is 0. The van der Waals surface area contributed by atoms with Gasteiger partial charge in [-0.3, -0.25) is 0 Å². The molecule has 64 valence electrons. The van der Waals surface area contributed by atoms with E-state index in [-0.39, 0.29) is 0 Å². The first-order chi connectivity index (χ1) is 5.36. The fourth-order valence-electron chi connectivity index (χ4n) is 1.98. The van der Waals surface area contributed by atoms with Crippen molar-refractivity contribution in [1.29, 1.82) is 0 Å². The van der Waals surface area contributed by atoms with Crippen LogP contribution >= 0.6 is 0 Å². The zero-order chi connectivity index (χ0) is 8.10. The monoisotopic (exact) mass is 152 g/mol. The highest BCUT2D eigenvalue weighted by Gasteiger charge is 2.10. The van der Waals surface area contributed by atoms with Crippen LogP contribution in [-0.4, -0.2) is 0 Å². The Morgan fingerprint density at radius 2 is 2.27 bits per heavy atom.